The van der Waals surface area contributed by atoms with E-state index in [1.54, 1.807) is 6.08 Å². The first-order valence-electron chi connectivity index (χ1n) is 6.36. The summed E-state index contributed by atoms with van der Waals surface area (Å²) < 4.78 is 2.14. The van der Waals surface area contributed by atoms with Crippen LogP contribution in [0, 0.1) is 0 Å². The zero-order valence-corrected chi connectivity index (χ0v) is 13.7. The summed E-state index contributed by atoms with van der Waals surface area (Å²) in [5.41, 5.74) is 7.86. The Morgan fingerprint density at radius 3 is 3.05 bits per heavy atom. The SMILES string of the molecule is C=CCNC(N)=NCCCn1cnc2ccccc21.I. The Bertz CT molecular complexity index is 576. The number of halogens is 1. The zero-order valence-electron chi connectivity index (χ0n) is 11.3. The van der Waals surface area contributed by atoms with E-state index >= 15 is 0 Å². The van der Waals surface area contributed by atoms with Gasteiger partial charge in [-0.3, -0.25) is 4.99 Å². The lowest BCUT2D eigenvalue weighted by Crippen LogP contribution is -2.31. The number of para-hydroxylation sites is 2. The summed E-state index contributed by atoms with van der Waals surface area (Å²) in [5.74, 6) is 0.468. The number of aliphatic imine (C=N–C) groups is 1. The predicted octanol–water partition coefficient (Wildman–Crippen LogP) is 2.13. The van der Waals surface area contributed by atoms with Crippen LogP contribution in [0.3, 0.4) is 0 Å². The average Bonchev–Trinajstić information content (AvgIpc) is 2.85. The van der Waals surface area contributed by atoms with Gasteiger partial charge in [0.05, 0.1) is 17.4 Å². The molecule has 0 aliphatic carbocycles. The Labute approximate surface area is 136 Å². The van der Waals surface area contributed by atoms with Crippen LogP contribution in [0.15, 0.2) is 48.2 Å². The van der Waals surface area contributed by atoms with Crippen molar-refractivity contribution in [3.63, 3.8) is 0 Å². The minimum Gasteiger partial charge on any atom is -0.370 e. The Kier molecular flexibility index (Phi) is 7.06. The highest BCUT2D eigenvalue weighted by Crippen LogP contribution is 2.11. The minimum atomic E-state index is 0. The van der Waals surface area contributed by atoms with Crippen LogP contribution >= 0.6 is 24.0 Å². The third kappa shape index (κ3) is 4.52. The molecule has 0 aliphatic heterocycles. The van der Waals surface area contributed by atoms with Gasteiger partial charge in [-0.2, -0.15) is 0 Å². The fourth-order valence-electron chi connectivity index (χ4n) is 1.86. The van der Waals surface area contributed by atoms with Gasteiger partial charge in [-0.1, -0.05) is 18.2 Å². The van der Waals surface area contributed by atoms with E-state index in [0.29, 0.717) is 19.0 Å². The highest BCUT2D eigenvalue weighted by Gasteiger charge is 2.00. The normalized spacial score (nSPS) is 11.1. The molecule has 0 bridgehead atoms. The topological polar surface area (TPSA) is 68.2 Å². The molecule has 0 saturated carbocycles. The van der Waals surface area contributed by atoms with E-state index in [2.05, 4.69) is 32.5 Å². The highest BCUT2D eigenvalue weighted by atomic mass is 127. The second-order valence-corrected chi connectivity index (χ2v) is 4.22. The monoisotopic (exact) mass is 385 g/mol. The number of aromatic nitrogens is 2. The summed E-state index contributed by atoms with van der Waals surface area (Å²) in [4.78, 5) is 8.60. The Hall–Kier alpha value is -1.57. The molecule has 108 valence electrons. The summed E-state index contributed by atoms with van der Waals surface area (Å²) in [6.45, 7) is 5.83. The minimum absolute atomic E-state index is 0. The van der Waals surface area contributed by atoms with Crippen LogP contribution in [0.4, 0.5) is 0 Å². The number of nitrogens with one attached hydrogen (secondary N) is 1. The van der Waals surface area contributed by atoms with Crippen LogP contribution in [0.25, 0.3) is 11.0 Å². The van der Waals surface area contributed by atoms with E-state index < -0.39 is 0 Å². The fourth-order valence-corrected chi connectivity index (χ4v) is 1.86. The third-order valence-corrected chi connectivity index (χ3v) is 2.79. The summed E-state index contributed by atoms with van der Waals surface area (Å²) >= 11 is 0. The molecule has 0 radical (unpaired) electrons. The molecular weight excluding hydrogens is 365 g/mol. The van der Waals surface area contributed by atoms with Crippen molar-refractivity contribution in [2.75, 3.05) is 13.1 Å². The molecule has 0 spiro atoms. The number of nitrogens with two attached hydrogens (primary N) is 1. The van der Waals surface area contributed by atoms with Crippen molar-refractivity contribution in [3.8, 4) is 0 Å². The maximum Gasteiger partial charge on any atom is 0.188 e. The molecule has 3 N–H and O–H groups in total. The second kappa shape index (κ2) is 8.57. The van der Waals surface area contributed by atoms with Crippen LogP contribution in [0.1, 0.15) is 6.42 Å². The molecule has 20 heavy (non-hydrogen) atoms. The molecule has 1 aromatic carbocycles. The first-order chi connectivity index (χ1) is 9.31. The smallest absolute Gasteiger partial charge is 0.188 e. The van der Waals surface area contributed by atoms with Gasteiger partial charge >= 0.3 is 0 Å². The Morgan fingerprint density at radius 1 is 1.45 bits per heavy atom. The van der Waals surface area contributed by atoms with E-state index in [1.165, 1.54) is 0 Å². The maximum absolute atomic E-state index is 5.68. The number of guanidine groups is 1. The first-order valence-corrected chi connectivity index (χ1v) is 6.36. The van der Waals surface area contributed by atoms with E-state index in [-0.39, 0.29) is 24.0 Å². The van der Waals surface area contributed by atoms with Gasteiger partial charge in [0.1, 0.15) is 0 Å². The van der Waals surface area contributed by atoms with E-state index in [4.69, 9.17) is 5.73 Å². The fraction of sp³-hybridized carbons (Fsp3) is 0.286. The number of imidazole rings is 1. The van der Waals surface area contributed by atoms with Gasteiger partial charge in [0.25, 0.3) is 0 Å². The predicted molar refractivity (Wildman–Crippen MR) is 94.5 cm³/mol. The Balaban J connectivity index is 0.00000200. The van der Waals surface area contributed by atoms with Crippen LogP contribution in [0.2, 0.25) is 0 Å². The molecule has 0 atom stereocenters. The van der Waals surface area contributed by atoms with Crippen molar-refractivity contribution in [2.24, 2.45) is 10.7 Å². The molecule has 0 aliphatic rings. The van der Waals surface area contributed by atoms with Crippen LogP contribution in [-0.4, -0.2) is 28.6 Å². The van der Waals surface area contributed by atoms with Crippen molar-refractivity contribution in [1.82, 2.24) is 14.9 Å². The molecule has 2 aromatic rings. The lowest BCUT2D eigenvalue weighted by molar-refractivity contribution is 0.665. The summed E-state index contributed by atoms with van der Waals surface area (Å²) in [5, 5.41) is 2.95. The zero-order chi connectivity index (χ0) is 13.5. The van der Waals surface area contributed by atoms with Crippen molar-refractivity contribution >= 4 is 41.0 Å². The third-order valence-electron chi connectivity index (χ3n) is 2.79. The van der Waals surface area contributed by atoms with Gasteiger partial charge in [-0.15, -0.1) is 30.6 Å². The van der Waals surface area contributed by atoms with Gasteiger partial charge in [-0.05, 0) is 18.6 Å². The van der Waals surface area contributed by atoms with Gasteiger partial charge in [0, 0.05) is 19.6 Å². The molecule has 1 heterocycles. The molecule has 1 aromatic heterocycles. The average molecular weight is 385 g/mol. The van der Waals surface area contributed by atoms with Crippen molar-refractivity contribution in [3.05, 3.63) is 43.2 Å². The quantitative estimate of drug-likeness (QED) is 0.263. The van der Waals surface area contributed by atoms with Crippen LogP contribution < -0.4 is 11.1 Å². The van der Waals surface area contributed by atoms with Gasteiger partial charge in [-0.25, -0.2) is 4.98 Å². The van der Waals surface area contributed by atoms with Gasteiger partial charge < -0.3 is 15.6 Å². The molecular formula is C14H20IN5. The number of aryl methyl sites for hydroxylation is 1. The number of hydrogen-bond donors (Lipinski definition) is 2. The first kappa shape index (κ1) is 16.5. The molecule has 0 fully saturated rings. The number of rotatable bonds is 6. The van der Waals surface area contributed by atoms with Crippen molar-refractivity contribution in [2.45, 2.75) is 13.0 Å². The number of hydrogen-bond acceptors (Lipinski definition) is 2. The van der Waals surface area contributed by atoms with Crippen molar-refractivity contribution < 1.29 is 0 Å². The lowest BCUT2D eigenvalue weighted by atomic mass is 10.3. The molecule has 6 heteroatoms. The maximum atomic E-state index is 5.68. The van der Waals surface area contributed by atoms with E-state index in [1.807, 2.05) is 24.5 Å². The lowest BCUT2D eigenvalue weighted by Gasteiger charge is -2.04. The summed E-state index contributed by atoms with van der Waals surface area (Å²) in [6.07, 6.45) is 4.55. The van der Waals surface area contributed by atoms with E-state index in [0.717, 1.165) is 24.0 Å². The molecule has 0 saturated heterocycles. The van der Waals surface area contributed by atoms with Crippen LogP contribution in [-0.2, 0) is 6.54 Å². The number of nitrogens with zero attached hydrogens (tertiary/aromatic N) is 3. The Morgan fingerprint density at radius 2 is 2.25 bits per heavy atom. The summed E-state index contributed by atoms with van der Waals surface area (Å²) in [6, 6.07) is 8.11. The number of benzene rings is 1. The van der Waals surface area contributed by atoms with Gasteiger partial charge in [0.15, 0.2) is 5.96 Å². The molecule has 0 unspecified atom stereocenters. The summed E-state index contributed by atoms with van der Waals surface area (Å²) in [7, 11) is 0. The second-order valence-electron chi connectivity index (χ2n) is 4.22. The standard InChI is InChI=1S/C14H19N5.HI/c1-2-8-16-14(15)17-9-5-10-19-11-18-12-6-3-4-7-13(12)19;/h2-4,6-7,11H,1,5,8-10H2,(H3,15,16,17);1H. The number of fused-ring (bicyclic) bond motifs is 1. The van der Waals surface area contributed by atoms with Crippen molar-refractivity contribution in [1.29, 1.82) is 0 Å². The van der Waals surface area contributed by atoms with Crippen LogP contribution in [0.5, 0.6) is 0 Å². The molecule has 0 amide bonds. The highest BCUT2D eigenvalue weighted by molar-refractivity contribution is 14.0. The molecule has 5 nitrogen and oxygen atoms in total. The van der Waals surface area contributed by atoms with Gasteiger partial charge in [0.2, 0.25) is 0 Å². The van der Waals surface area contributed by atoms with E-state index in [9.17, 15) is 0 Å². The molecule has 2 rings (SSSR count). The largest absolute Gasteiger partial charge is 0.370 e.